The van der Waals surface area contributed by atoms with Gasteiger partial charge >= 0.3 is 0 Å². The third kappa shape index (κ3) is 9.59. The molecule has 0 heterocycles. The second-order valence-corrected chi connectivity index (χ2v) is 11.6. The van der Waals surface area contributed by atoms with Gasteiger partial charge in [0.25, 0.3) is 0 Å². The summed E-state index contributed by atoms with van der Waals surface area (Å²) in [5, 5.41) is 3.23. The fourth-order valence-electron chi connectivity index (χ4n) is 5.88. The Kier molecular flexibility index (Phi) is 13.4. The first-order valence-corrected chi connectivity index (χ1v) is 15.6. The van der Waals surface area contributed by atoms with Crippen molar-refractivity contribution in [2.45, 2.75) is 90.9 Å². The van der Waals surface area contributed by atoms with Crippen molar-refractivity contribution in [3.05, 3.63) is 95.6 Å². The van der Waals surface area contributed by atoms with Crippen LogP contribution in [0.4, 0.5) is 0 Å². The number of hydrogen-bond donors (Lipinski definition) is 1. The molecule has 0 bridgehead atoms. The molecule has 0 atom stereocenters. The third-order valence-corrected chi connectivity index (χ3v) is 8.39. The van der Waals surface area contributed by atoms with E-state index in [1.54, 1.807) is 12.5 Å². The van der Waals surface area contributed by atoms with Crippen LogP contribution in [0.25, 0.3) is 22.3 Å². The molecule has 0 amide bonds. The van der Waals surface area contributed by atoms with Crippen molar-refractivity contribution >= 4 is 6.29 Å². The van der Waals surface area contributed by atoms with Gasteiger partial charge in [0.15, 0.2) is 0 Å². The summed E-state index contributed by atoms with van der Waals surface area (Å²) in [4.78, 5) is 9.41. The Morgan fingerprint density at radius 1 is 0.875 bits per heavy atom. The Hall–Kier alpha value is -2.97. The molecule has 0 aliphatic heterocycles. The summed E-state index contributed by atoms with van der Waals surface area (Å²) < 4.78 is 0. The molecule has 0 spiro atoms. The molecule has 2 nitrogen and oxygen atoms in total. The number of hydrogen-bond acceptors (Lipinski definition) is 2. The number of carbonyl (C=O) groups is 1. The lowest BCUT2D eigenvalue weighted by atomic mass is 9.77. The molecule has 3 aromatic rings. The molecule has 40 heavy (non-hydrogen) atoms. The summed E-state index contributed by atoms with van der Waals surface area (Å²) in [6.45, 7) is 10.6. The maximum atomic E-state index is 9.41. The van der Waals surface area contributed by atoms with E-state index in [2.05, 4.69) is 92.5 Å². The van der Waals surface area contributed by atoms with Crippen molar-refractivity contribution < 1.29 is 4.79 Å². The Morgan fingerprint density at radius 2 is 1.50 bits per heavy atom. The van der Waals surface area contributed by atoms with Crippen LogP contribution >= 0.6 is 0 Å². The molecule has 2 heteroatoms. The minimum absolute atomic E-state index is 0.574. The van der Waals surface area contributed by atoms with Gasteiger partial charge < -0.3 is 5.32 Å². The van der Waals surface area contributed by atoms with Crippen LogP contribution in [-0.2, 0) is 17.6 Å². The molecule has 3 aromatic carbocycles. The molecule has 1 fully saturated rings. The van der Waals surface area contributed by atoms with Crippen molar-refractivity contribution in [2.75, 3.05) is 13.6 Å². The van der Waals surface area contributed by atoms with E-state index >= 15 is 0 Å². The van der Waals surface area contributed by atoms with Crippen LogP contribution in [0.5, 0.6) is 0 Å². The second-order valence-electron chi connectivity index (χ2n) is 11.6. The number of benzene rings is 3. The molecular weight excluding hydrogens is 486 g/mol. The Bertz CT molecular complexity index is 1170. The average Bonchev–Trinajstić information content (AvgIpc) is 3.01. The van der Waals surface area contributed by atoms with Gasteiger partial charge in [-0.05, 0) is 115 Å². The lowest BCUT2D eigenvalue weighted by Gasteiger charge is -2.29. The standard InChI is InChI=1S/C34H45N.C4H6O/c1-4-6-7-8-26-9-13-29(14-10-26)30-17-19-32(20-18-30)34-22-21-33(25-28(34)5-2)31-15-11-27(12-16-31)23-24-35-3;1-4(2)3-5/h11-12,15-22,25-26,29,35H,4-10,13-14,23-24H2,1-3H3;3H,1H2,2H3. The molecule has 1 saturated carbocycles. The second kappa shape index (κ2) is 17.0. The first-order valence-electron chi connectivity index (χ1n) is 15.6. The van der Waals surface area contributed by atoms with E-state index in [4.69, 9.17) is 0 Å². The van der Waals surface area contributed by atoms with E-state index in [-0.39, 0.29) is 0 Å². The smallest absolute Gasteiger partial charge is 0.145 e. The summed E-state index contributed by atoms with van der Waals surface area (Å²) in [5.41, 5.74) is 10.3. The van der Waals surface area contributed by atoms with Crippen molar-refractivity contribution in [2.24, 2.45) is 5.92 Å². The van der Waals surface area contributed by atoms with Crippen molar-refractivity contribution in [1.82, 2.24) is 5.32 Å². The molecule has 0 radical (unpaired) electrons. The van der Waals surface area contributed by atoms with E-state index in [1.165, 1.54) is 84.7 Å². The first kappa shape index (κ1) is 31.6. The number of aryl methyl sites for hydroxylation is 1. The van der Waals surface area contributed by atoms with Gasteiger partial charge in [0.2, 0.25) is 0 Å². The van der Waals surface area contributed by atoms with E-state index in [0.29, 0.717) is 5.57 Å². The van der Waals surface area contributed by atoms with Crippen LogP contribution in [0.15, 0.2) is 78.9 Å². The highest BCUT2D eigenvalue weighted by Gasteiger charge is 2.22. The molecule has 0 unspecified atom stereocenters. The zero-order valence-corrected chi connectivity index (χ0v) is 25.5. The van der Waals surface area contributed by atoms with Crippen LogP contribution in [0.3, 0.4) is 0 Å². The van der Waals surface area contributed by atoms with Gasteiger partial charge in [-0.2, -0.15) is 0 Å². The first-order chi connectivity index (χ1) is 19.5. The van der Waals surface area contributed by atoms with E-state index < -0.39 is 0 Å². The van der Waals surface area contributed by atoms with Crippen LogP contribution in [0, 0.1) is 5.92 Å². The quantitative estimate of drug-likeness (QED) is 0.141. The van der Waals surface area contributed by atoms with Crippen LogP contribution < -0.4 is 5.32 Å². The molecular formula is C38H51NO. The van der Waals surface area contributed by atoms with Crippen molar-refractivity contribution in [1.29, 1.82) is 0 Å². The summed E-state index contributed by atoms with van der Waals surface area (Å²) >= 11 is 0. The van der Waals surface area contributed by atoms with Crippen LogP contribution in [0.1, 0.15) is 94.7 Å². The predicted octanol–water partition coefficient (Wildman–Crippen LogP) is 9.96. The molecule has 0 aromatic heterocycles. The van der Waals surface area contributed by atoms with E-state index in [1.807, 2.05) is 7.05 Å². The fraction of sp³-hybridized carbons (Fsp3) is 0.447. The molecule has 4 rings (SSSR count). The maximum Gasteiger partial charge on any atom is 0.145 e. The van der Waals surface area contributed by atoms with Gasteiger partial charge in [-0.3, -0.25) is 4.79 Å². The maximum absolute atomic E-state index is 9.41. The highest BCUT2D eigenvalue weighted by Crippen LogP contribution is 2.38. The lowest BCUT2D eigenvalue weighted by Crippen LogP contribution is -2.13. The SMILES string of the molecule is C=C(C)C=O.CCCCCC1CCC(c2ccc(-c3ccc(-c4ccc(CCNC)cc4)cc3CC)cc2)CC1. The zero-order valence-electron chi connectivity index (χ0n) is 25.5. The fourth-order valence-corrected chi connectivity index (χ4v) is 5.88. The number of nitrogens with one attached hydrogen (secondary N) is 1. The Balaban J connectivity index is 0.000000810. The molecule has 1 aliphatic carbocycles. The summed E-state index contributed by atoms with van der Waals surface area (Å²) in [7, 11) is 2.01. The number of allylic oxidation sites excluding steroid dienone is 1. The lowest BCUT2D eigenvalue weighted by molar-refractivity contribution is -0.104. The summed E-state index contributed by atoms with van der Waals surface area (Å²) in [6, 6.07) is 25.7. The van der Waals surface area contributed by atoms with Gasteiger partial charge in [-0.15, -0.1) is 0 Å². The van der Waals surface area contributed by atoms with Crippen molar-refractivity contribution in [3.8, 4) is 22.3 Å². The monoisotopic (exact) mass is 537 g/mol. The number of aldehydes is 1. The minimum atomic E-state index is 0.574. The summed E-state index contributed by atoms with van der Waals surface area (Å²) in [5.74, 6) is 1.74. The molecule has 1 aliphatic rings. The van der Waals surface area contributed by atoms with Gasteiger partial charge in [-0.1, -0.05) is 113 Å². The number of unbranched alkanes of at least 4 members (excludes halogenated alkanes) is 2. The molecule has 0 saturated heterocycles. The van der Waals surface area contributed by atoms with Crippen molar-refractivity contribution in [3.63, 3.8) is 0 Å². The Morgan fingerprint density at radius 3 is 2.08 bits per heavy atom. The largest absolute Gasteiger partial charge is 0.319 e. The van der Waals surface area contributed by atoms with Gasteiger partial charge in [0, 0.05) is 0 Å². The molecule has 1 N–H and O–H groups in total. The van der Waals surface area contributed by atoms with Crippen LogP contribution in [-0.4, -0.2) is 19.9 Å². The predicted molar refractivity (Wildman–Crippen MR) is 174 cm³/mol. The highest BCUT2D eigenvalue weighted by atomic mass is 16.1. The number of carbonyl (C=O) groups excluding carboxylic acids is 1. The minimum Gasteiger partial charge on any atom is -0.319 e. The Labute approximate surface area is 244 Å². The highest BCUT2D eigenvalue weighted by molar-refractivity contribution is 5.74. The normalized spacial score (nSPS) is 16.6. The number of likely N-dealkylation sites (N-methyl/N-ethyl adjacent to an activating group) is 1. The van der Waals surface area contributed by atoms with Gasteiger partial charge in [0.1, 0.15) is 6.29 Å². The zero-order chi connectivity index (χ0) is 28.7. The third-order valence-electron chi connectivity index (χ3n) is 8.39. The van der Waals surface area contributed by atoms with Gasteiger partial charge in [0.05, 0.1) is 0 Å². The van der Waals surface area contributed by atoms with E-state index in [9.17, 15) is 4.79 Å². The molecule has 214 valence electrons. The topological polar surface area (TPSA) is 29.1 Å². The van der Waals surface area contributed by atoms with Crippen LogP contribution in [0.2, 0.25) is 0 Å². The average molecular weight is 538 g/mol. The van der Waals surface area contributed by atoms with E-state index in [0.717, 1.165) is 37.5 Å². The van der Waals surface area contributed by atoms with Gasteiger partial charge in [-0.25, -0.2) is 0 Å². The number of rotatable bonds is 12. The summed E-state index contributed by atoms with van der Waals surface area (Å²) in [6.07, 6.45) is 14.1.